The number of hydrogen-bond donors (Lipinski definition) is 1. The van der Waals surface area contributed by atoms with Crippen molar-refractivity contribution < 1.29 is 18.0 Å². The van der Waals surface area contributed by atoms with Crippen LogP contribution in [-0.4, -0.2) is 29.4 Å². The van der Waals surface area contributed by atoms with Gasteiger partial charge in [0.1, 0.15) is 5.82 Å². The van der Waals surface area contributed by atoms with Crippen LogP contribution >= 0.6 is 0 Å². The lowest BCUT2D eigenvalue weighted by Crippen LogP contribution is -2.27. The van der Waals surface area contributed by atoms with Crippen molar-refractivity contribution in [1.82, 2.24) is 9.88 Å². The molecule has 1 aromatic carbocycles. The van der Waals surface area contributed by atoms with Gasteiger partial charge in [-0.3, -0.25) is 4.79 Å². The molecule has 0 atom stereocenters. The topological polar surface area (TPSA) is 45.2 Å². The van der Waals surface area contributed by atoms with E-state index >= 15 is 0 Å². The molecule has 0 fully saturated rings. The molecule has 4 nitrogen and oxygen atoms in total. The first kappa shape index (κ1) is 18.8. The van der Waals surface area contributed by atoms with E-state index in [0.29, 0.717) is 12.1 Å². The molecule has 1 heterocycles. The van der Waals surface area contributed by atoms with E-state index in [2.05, 4.69) is 10.3 Å². The summed E-state index contributed by atoms with van der Waals surface area (Å²) in [6.07, 6.45) is -1.22. The number of carbonyl (C=O) groups excluding carboxylic acids is 1. The molecule has 134 valence electrons. The fraction of sp³-hybridized carbons (Fsp3) is 0.333. The number of alkyl halides is 3. The van der Waals surface area contributed by atoms with Crippen molar-refractivity contribution in [2.45, 2.75) is 25.9 Å². The minimum absolute atomic E-state index is 0.105. The monoisotopic (exact) mass is 351 g/mol. The number of nitrogens with zero attached hydrogens (tertiary/aromatic N) is 2. The van der Waals surface area contributed by atoms with Crippen LogP contribution in [0.25, 0.3) is 0 Å². The number of benzene rings is 1. The minimum Gasteiger partial charge on any atom is -0.342 e. The SMILES string of the molecule is CCCCN(C)C(=O)c1ccnc(Nc2ccccc2C(F)(F)F)c1. The first-order valence-corrected chi connectivity index (χ1v) is 7.97. The Morgan fingerprint density at radius 3 is 2.64 bits per heavy atom. The fourth-order valence-electron chi connectivity index (χ4n) is 2.33. The summed E-state index contributed by atoms with van der Waals surface area (Å²) >= 11 is 0. The number of aromatic nitrogens is 1. The van der Waals surface area contributed by atoms with Gasteiger partial charge in [0.25, 0.3) is 5.91 Å². The quantitative estimate of drug-likeness (QED) is 0.819. The number of rotatable bonds is 6. The highest BCUT2D eigenvalue weighted by Gasteiger charge is 2.33. The van der Waals surface area contributed by atoms with Crippen molar-refractivity contribution >= 4 is 17.4 Å². The third-order valence-electron chi connectivity index (χ3n) is 3.70. The molecule has 2 aromatic rings. The summed E-state index contributed by atoms with van der Waals surface area (Å²) in [6.45, 7) is 2.65. The third-order valence-corrected chi connectivity index (χ3v) is 3.70. The minimum atomic E-state index is -4.47. The lowest BCUT2D eigenvalue weighted by molar-refractivity contribution is -0.136. The second kappa shape index (κ2) is 8.00. The zero-order chi connectivity index (χ0) is 18.4. The lowest BCUT2D eigenvalue weighted by Gasteiger charge is -2.17. The van der Waals surface area contributed by atoms with Gasteiger partial charge in [0.15, 0.2) is 0 Å². The molecule has 1 amide bonds. The van der Waals surface area contributed by atoms with Crippen molar-refractivity contribution in [3.63, 3.8) is 0 Å². The number of amides is 1. The Kier molecular flexibility index (Phi) is 6.01. The van der Waals surface area contributed by atoms with Crippen LogP contribution in [0.3, 0.4) is 0 Å². The Labute approximate surface area is 144 Å². The normalized spacial score (nSPS) is 11.2. The number of para-hydroxylation sites is 1. The third kappa shape index (κ3) is 4.95. The van der Waals surface area contributed by atoms with E-state index in [9.17, 15) is 18.0 Å². The van der Waals surface area contributed by atoms with Gasteiger partial charge in [0, 0.05) is 25.4 Å². The molecule has 2 rings (SSSR count). The largest absolute Gasteiger partial charge is 0.418 e. The van der Waals surface area contributed by atoms with E-state index < -0.39 is 11.7 Å². The summed E-state index contributed by atoms with van der Waals surface area (Å²) in [5.41, 5.74) is -0.513. The zero-order valence-electron chi connectivity index (χ0n) is 14.1. The average Bonchev–Trinajstić information content (AvgIpc) is 2.58. The van der Waals surface area contributed by atoms with Gasteiger partial charge in [0.2, 0.25) is 0 Å². The number of nitrogens with one attached hydrogen (secondary N) is 1. The summed E-state index contributed by atoms with van der Waals surface area (Å²) in [7, 11) is 1.70. The molecule has 0 aliphatic heterocycles. The Bertz CT molecular complexity index is 732. The summed E-state index contributed by atoms with van der Waals surface area (Å²) in [4.78, 5) is 18.0. The molecule has 0 spiro atoms. The van der Waals surface area contributed by atoms with Crippen molar-refractivity contribution in [2.75, 3.05) is 18.9 Å². The van der Waals surface area contributed by atoms with E-state index in [1.165, 1.54) is 30.5 Å². The molecular formula is C18H20F3N3O. The molecule has 0 saturated heterocycles. The van der Waals surface area contributed by atoms with Crippen molar-refractivity contribution in [3.8, 4) is 0 Å². The Morgan fingerprint density at radius 1 is 1.24 bits per heavy atom. The molecule has 0 bridgehead atoms. The maximum absolute atomic E-state index is 13.1. The second-order valence-corrected chi connectivity index (χ2v) is 5.68. The molecule has 0 unspecified atom stereocenters. The number of hydrogen-bond acceptors (Lipinski definition) is 3. The summed E-state index contributed by atoms with van der Waals surface area (Å²) < 4.78 is 39.2. The van der Waals surface area contributed by atoms with Gasteiger partial charge in [-0.15, -0.1) is 0 Å². The van der Waals surface area contributed by atoms with Crippen LogP contribution in [-0.2, 0) is 6.18 Å². The summed E-state index contributed by atoms with van der Waals surface area (Å²) in [5, 5.41) is 2.65. The first-order valence-electron chi connectivity index (χ1n) is 7.97. The second-order valence-electron chi connectivity index (χ2n) is 5.68. The predicted molar refractivity (Wildman–Crippen MR) is 90.8 cm³/mol. The van der Waals surface area contributed by atoms with Crippen LogP contribution in [0.15, 0.2) is 42.6 Å². The molecule has 25 heavy (non-hydrogen) atoms. The number of halogens is 3. The van der Waals surface area contributed by atoms with Crippen molar-refractivity contribution in [2.24, 2.45) is 0 Å². The van der Waals surface area contributed by atoms with Crippen molar-refractivity contribution in [1.29, 1.82) is 0 Å². The van der Waals surface area contributed by atoms with Gasteiger partial charge in [-0.05, 0) is 30.7 Å². The maximum Gasteiger partial charge on any atom is 0.418 e. The molecule has 1 N–H and O–H groups in total. The van der Waals surface area contributed by atoms with Gasteiger partial charge >= 0.3 is 6.18 Å². The predicted octanol–water partition coefficient (Wildman–Crippen LogP) is 4.72. The van der Waals surface area contributed by atoms with Gasteiger partial charge in [-0.25, -0.2) is 4.98 Å². The van der Waals surface area contributed by atoms with Gasteiger partial charge < -0.3 is 10.2 Å². The van der Waals surface area contributed by atoms with Crippen LogP contribution in [0.5, 0.6) is 0 Å². The maximum atomic E-state index is 13.1. The van der Waals surface area contributed by atoms with Crippen LogP contribution in [0.4, 0.5) is 24.7 Å². The highest BCUT2D eigenvalue weighted by molar-refractivity contribution is 5.94. The van der Waals surface area contributed by atoms with Crippen LogP contribution < -0.4 is 5.32 Å². The van der Waals surface area contributed by atoms with Crippen LogP contribution in [0.1, 0.15) is 35.7 Å². The van der Waals surface area contributed by atoms with Gasteiger partial charge in [-0.2, -0.15) is 13.2 Å². The van der Waals surface area contributed by atoms with Crippen LogP contribution in [0.2, 0.25) is 0 Å². The number of pyridine rings is 1. The molecule has 7 heteroatoms. The standard InChI is InChI=1S/C18H20F3N3O/c1-3-4-11-24(2)17(25)13-9-10-22-16(12-13)23-15-8-6-5-7-14(15)18(19,20)21/h5-10,12H,3-4,11H2,1-2H3,(H,22,23). The van der Waals surface area contributed by atoms with Crippen molar-refractivity contribution in [3.05, 3.63) is 53.7 Å². The Hall–Kier alpha value is -2.57. The number of carbonyl (C=O) groups is 1. The van der Waals surface area contributed by atoms with E-state index in [-0.39, 0.29) is 17.4 Å². The Balaban J connectivity index is 2.22. The summed E-state index contributed by atoms with van der Waals surface area (Å²) in [6, 6.07) is 8.15. The molecule has 0 aliphatic carbocycles. The molecule has 0 saturated carbocycles. The van der Waals surface area contributed by atoms with Gasteiger partial charge in [0.05, 0.1) is 11.3 Å². The van der Waals surface area contributed by atoms with Crippen LogP contribution in [0, 0.1) is 0 Å². The molecule has 1 aromatic heterocycles. The van der Waals surface area contributed by atoms with E-state index in [0.717, 1.165) is 18.9 Å². The van der Waals surface area contributed by atoms with E-state index in [4.69, 9.17) is 0 Å². The molecule has 0 aliphatic rings. The number of anilines is 2. The fourth-order valence-corrected chi connectivity index (χ4v) is 2.33. The first-order chi connectivity index (χ1) is 11.8. The Morgan fingerprint density at radius 2 is 1.96 bits per heavy atom. The summed E-state index contributed by atoms with van der Waals surface area (Å²) in [5.74, 6) is -0.00514. The molecular weight excluding hydrogens is 331 g/mol. The molecule has 0 radical (unpaired) electrons. The lowest BCUT2D eigenvalue weighted by atomic mass is 10.1. The highest BCUT2D eigenvalue weighted by atomic mass is 19.4. The highest BCUT2D eigenvalue weighted by Crippen LogP contribution is 2.35. The average molecular weight is 351 g/mol. The number of unbranched alkanes of at least 4 members (excludes halogenated alkanes) is 1. The smallest absolute Gasteiger partial charge is 0.342 e. The zero-order valence-corrected chi connectivity index (χ0v) is 14.1. The van der Waals surface area contributed by atoms with E-state index in [1.807, 2.05) is 6.92 Å². The van der Waals surface area contributed by atoms with E-state index in [1.54, 1.807) is 18.0 Å². The van der Waals surface area contributed by atoms with Gasteiger partial charge in [-0.1, -0.05) is 25.5 Å².